The van der Waals surface area contributed by atoms with E-state index in [1.54, 1.807) is 0 Å². The van der Waals surface area contributed by atoms with E-state index in [1.165, 1.54) is 32.1 Å². The summed E-state index contributed by atoms with van der Waals surface area (Å²) in [5.41, 5.74) is 0. The van der Waals surface area contributed by atoms with Gasteiger partial charge in [-0.05, 0) is 38.4 Å². The number of rotatable bonds is 5. The number of hydrogen-bond acceptors (Lipinski definition) is 3. The molecule has 0 atom stereocenters. The van der Waals surface area contributed by atoms with Crippen LogP contribution < -0.4 is 5.32 Å². The Balaban J connectivity index is 1.63. The van der Waals surface area contributed by atoms with Crippen LogP contribution in [0.3, 0.4) is 0 Å². The van der Waals surface area contributed by atoms with Crippen molar-refractivity contribution in [3.8, 4) is 0 Å². The maximum Gasteiger partial charge on any atom is 0.236 e. The number of nitrogens with zero attached hydrogens (tertiary/aromatic N) is 1. The molecule has 4 heteroatoms. The van der Waals surface area contributed by atoms with E-state index in [0.717, 1.165) is 19.6 Å². The molecule has 1 amide bonds. The molecule has 2 aliphatic rings. The molecule has 1 aliphatic heterocycles. The van der Waals surface area contributed by atoms with Crippen LogP contribution in [0.15, 0.2) is 0 Å². The Bertz CT molecular complexity index is 247. The maximum absolute atomic E-state index is 11.8. The van der Waals surface area contributed by atoms with E-state index in [9.17, 15) is 4.79 Å². The van der Waals surface area contributed by atoms with E-state index in [0.29, 0.717) is 11.3 Å². The van der Waals surface area contributed by atoms with Crippen LogP contribution in [-0.4, -0.2) is 48.0 Å². The molecule has 0 spiro atoms. The summed E-state index contributed by atoms with van der Waals surface area (Å²) < 4.78 is 0.460. The smallest absolute Gasteiger partial charge is 0.236 e. The minimum atomic E-state index is 0.289. The van der Waals surface area contributed by atoms with Crippen molar-refractivity contribution in [2.24, 2.45) is 0 Å². The summed E-state index contributed by atoms with van der Waals surface area (Å²) in [6.07, 6.45) is 8.42. The molecule has 2 rings (SSSR count). The van der Waals surface area contributed by atoms with Crippen molar-refractivity contribution in [3.05, 3.63) is 0 Å². The highest BCUT2D eigenvalue weighted by Crippen LogP contribution is 2.46. The molecule has 92 valence electrons. The third-order valence-electron chi connectivity index (χ3n) is 3.67. The number of nitrogens with one attached hydrogen (secondary N) is 1. The van der Waals surface area contributed by atoms with Gasteiger partial charge >= 0.3 is 0 Å². The zero-order chi connectivity index (χ0) is 11.4. The summed E-state index contributed by atoms with van der Waals surface area (Å²) in [6.45, 7) is 3.46. The van der Waals surface area contributed by atoms with Crippen molar-refractivity contribution in [1.29, 1.82) is 0 Å². The normalized spacial score (nSPS) is 23.2. The van der Waals surface area contributed by atoms with E-state index in [4.69, 9.17) is 0 Å². The topological polar surface area (TPSA) is 32.3 Å². The zero-order valence-electron chi connectivity index (χ0n) is 10.1. The van der Waals surface area contributed by atoms with E-state index < -0.39 is 0 Å². The van der Waals surface area contributed by atoms with E-state index in [-0.39, 0.29) is 5.91 Å². The monoisotopic (exact) mass is 242 g/mol. The molecule has 0 bridgehead atoms. The van der Waals surface area contributed by atoms with Crippen LogP contribution >= 0.6 is 11.8 Å². The van der Waals surface area contributed by atoms with Gasteiger partial charge in [0, 0.05) is 24.4 Å². The molecule has 0 aromatic carbocycles. The Hall–Kier alpha value is -0.220. The van der Waals surface area contributed by atoms with Crippen molar-refractivity contribution >= 4 is 17.7 Å². The van der Waals surface area contributed by atoms with Crippen molar-refractivity contribution in [2.75, 3.05) is 32.4 Å². The Morgan fingerprint density at radius 2 is 2.00 bits per heavy atom. The highest BCUT2D eigenvalue weighted by atomic mass is 32.2. The van der Waals surface area contributed by atoms with Gasteiger partial charge in [-0.25, -0.2) is 0 Å². The molecular weight excluding hydrogens is 220 g/mol. The Kier molecular flexibility index (Phi) is 4.14. The van der Waals surface area contributed by atoms with Gasteiger partial charge in [-0.3, -0.25) is 4.79 Å². The molecule has 1 N–H and O–H groups in total. The highest BCUT2D eigenvalue weighted by Gasteiger charge is 2.41. The highest BCUT2D eigenvalue weighted by molar-refractivity contribution is 8.00. The molecule has 1 aliphatic carbocycles. The van der Waals surface area contributed by atoms with Gasteiger partial charge in [0.2, 0.25) is 5.91 Å². The van der Waals surface area contributed by atoms with E-state index in [1.807, 2.05) is 16.7 Å². The van der Waals surface area contributed by atoms with Gasteiger partial charge in [-0.15, -0.1) is 0 Å². The minimum Gasteiger partial charge on any atom is -0.342 e. The number of thioether (sulfide) groups is 1. The number of amides is 1. The molecule has 16 heavy (non-hydrogen) atoms. The summed E-state index contributed by atoms with van der Waals surface area (Å²) in [7, 11) is 0. The average Bonchev–Trinajstić information content (AvgIpc) is 3.11. The molecule has 0 radical (unpaired) electrons. The Morgan fingerprint density at radius 1 is 1.31 bits per heavy atom. The van der Waals surface area contributed by atoms with Crippen LogP contribution in [0.25, 0.3) is 0 Å². The number of carbonyl (C=O) groups excluding carboxylic acids is 1. The van der Waals surface area contributed by atoms with Crippen LogP contribution in [0.2, 0.25) is 0 Å². The van der Waals surface area contributed by atoms with Crippen LogP contribution in [0.4, 0.5) is 0 Å². The third kappa shape index (κ3) is 3.14. The first-order valence-electron chi connectivity index (χ1n) is 6.29. The standard InChI is InChI=1S/C12H22N2OS/c1-16-12(5-6-12)10-13-9-11(15)14-7-3-2-4-8-14/h13H,2-10H2,1H3. The van der Waals surface area contributed by atoms with E-state index in [2.05, 4.69) is 11.6 Å². The summed E-state index contributed by atoms with van der Waals surface area (Å²) in [5, 5.41) is 3.32. The fraction of sp³-hybridized carbons (Fsp3) is 0.917. The quantitative estimate of drug-likeness (QED) is 0.792. The summed E-state index contributed by atoms with van der Waals surface area (Å²) in [5.74, 6) is 0.289. The number of hydrogen-bond donors (Lipinski definition) is 1. The third-order valence-corrected chi connectivity index (χ3v) is 5.09. The second kappa shape index (κ2) is 5.41. The van der Waals surface area contributed by atoms with Gasteiger partial charge in [0.05, 0.1) is 6.54 Å². The lowest BCUT2D eigenvalue weighted by Gasteiger charge is -2.27. The Morgan fingerprint density at radius 3 is 2.56 bits per heavy atom. The summed E-state index contributed by atoms with van der Waals surface area (Å²) in [6, 6.07) is 0. The van der Waals surface area contributed by atoms with Crippen LogP contribution in [0.5, 0.6) is 0 Å². The maximum atomic E-state index is 11.8. The minimum absolute atomic E-state index is 0.289. The van der Waals surface area contributed by atoms with Crippen molar-refractivity contribution in [3.63, 3.8) is 0 Å². The van der Waals surface area contributed by atoms with Gasteiger partial charge in [0.1, 0.15) is 0 Å². The molecule has 3 nitrogen and oxygen atoms in total. The molecule has 1 heterocycles. The van der Waals surface area contributed by atoms with Gasteiger partial charge < -0.3 is 10.2 Å². The van der Waals surface area contributed by atoms with Crippen LogP contribution in [0, 0.1) is 0 Å². The van der Waals surface area contributed by atoms with Gasteiger partial charge in [-0.1, -0.05) is 0 Å². The first-order chi connectivity index (χ1) is 7.76. The fourth-order valence-corrected chi connectivity index (χ4v) is 3.00. The van der Waals surface area contributed by atoms with Gasteiger partial charge in [0.25, 0.3) is 0 Å². The van der Waals surface area contributed by atoms with Crippen molar-refractivity contribution < 1.29 is 4.79 Å². The lowest BCUT2D eigenvalue weighted by atomic mass is 10.1. The van der Waals surface area contributed by atoms with Gasteiger partial charge in [0.15, 0.2) is 0 Å². The summed E-state index contributed by atoms with van der Waals surface area (Å²) >= 11 is 1.94. The average molecular weight is 242 g/mol. The molecule has 0 unspecified atom stereocenters. The molecule has 0 aromatic heterocycles. The van der Waals surface area contributed by atoms with Crippen molar-refractivity contribution in [2.45, 2.75) is 36.9 Å². The predicted molar refractivity (Wildman–Crippen MR) is 68.8 cm³/mol. The molecule has 0 aromatic rings. The van der Waals surface area contributed by atoms with E-state index >= 15 is 0 Å². The number of likely N-dealkylation sites (tertiary alicyclic amines) is 1. The molecular formula is C12H22N2OS. The first-order valence-corrected chi connectivity index (χ1v) is 7.52. The lowest BCUT2D eigenvalue weighted by Crippen LogP contribution is -2.42. The second-order valence-electron chi connectivity index (χ2n) is 4.93. The largest absolute Gasteiger partial charge is 0.342 e. The molecule has 1 saturated heterocycles. The number of carbonyl (C=O) groups is 1. The second-order valence-corrected chi connectivity index (χ2v) is 6.21. The fourth-order valence-electron chi connectivity index (χ4n) is 2.24. The Labute approximate surface area is 102 Å². The molecule has 1 saturated carbocycles. The molecule has 2 fully saturated rings. The zero-order valence-corrected chi connectivity index (χ0v) is 10.9. The van der Waals surface area contributed by atoms with Crippen molar-refractivity contribution in [1.82, 2.24) is 10.2 Å². The van der Waals surface area contributed by atoms with Crippen LogP contribution in [0.1, 0.15) is 32.1 Å². The van der Waals surface area contributed by atoms with Gasteiger partial charge in [-0.2, -0.15) is 11.8 Å². The SMILES string of the molecule is CSC1(CNCC(=O)N2CCCCC2)CC1. The predicted octanol–water partition coefficient (Wildman–Crippen LogP) is 1.48. The van der Waals surface area contributed by atoms with Crippen LogP contribution in [-0.2, 0) is 4.79 Å². The number of piperidine rings is 1. The first kappa shape index (κ1) is 12.2. The summed E-state index contributed by atoms with van der Waals surface area (Å²) in [4.78, 5) is 13.9. The lowest BCUT2D eigenvalue weighted by molar-refractivity contribution is -0.131.